The van der Waals surface area contributed by atoms with E-state index in [1.165, 1.54) is 0 Å². The maximum atomic E-state index is 6.22. The summed E-state index contributed by atoms with van der Waals surface area (Å²) in [4.78, 5) is 10.9. The maximum Gasteiger partial charge on any atom is 0.132 e. The number of aromatic nitrogens is 2. The van der Waals surface area contributed by atoms with Gasteiger partial charge in [0.05, 0.1) is 0 Å². The SMILES string of the molecule is CCc1cc(N2CCC(Cl)C(C)C2)ncn1. The van der Waals surface area contributed by atoms with E-state index in [4.69, 9.17) is 11.6 Å². The molecule has 0 saturated carbocycles. The molecule has 0 N–H and O–H groups in total. The minimum absolute atomic E-state index is 0.309. The number of anilines is 1. The van der Waals surface area contributed by atoms with Gasteiger partial charge in [0, 0.05) is 30.2 Å². The highest BCUT2D eigenvalue weighted by Crippen LogP contribution is 2.25. The van der Waals surface area contributed by atoms with Gasteiger partial charge >= 0.3 is 0 Å². The van der Waals surface area contributed by atoms with Crippen LogP contribution in [-0.4, -0.2) is 28.4 Å². The molecule has 1 aromatic rings. The van der Waals surface area contributed by atoms with Gasteiger partial charge in [-0.05, 0) is 18.8 Å². The normalized spacial score (nSPS) is 25.8. The zero-order chi connectivity index (χ0) is 11.5. The molecule has 88 valence electrons. The molecule has 4 heteroatoms. The van der Waals surface area contributed by atoms with Crippen LogP contribution in [0.2, 0.25) is 0 Å². The van der Waals surface area contributed by atoms with Gasteiger partial charge in [-0.15, -0.1) is 11.6 Å². The van der Waals surface area contributed by atoms with E-state index in [1.807, 2.05) is 0 Å². The van der Waals surface area contributed by atoms with Crippen molar-refractivity contribution in [1.29, 1.82) is 0 Å². The monoisotopic (exact) mass is 239 g/mol. The quantitative estimate of drug-likeness (QED) is 0.743. The number of rotatable bonds is 2. The third kappa shape index (κ3) is 2.46. The Morgan fingerprint density at radius 2 is 2.31 bits per heavy atom. The Balaban J connectivity index is 2.12. The summed E-state index contributed by atoms with van der Waals surface area (Å²) in [5.41, 5.74) is 1.10. The summed E-state index contributed by atoms with van der Waals surface area (Å²) in [5, 5.41) is 0.309. The third-order valence-electron chi connectivity index (χ3n) is 3.20. The van der Waals surface area contributed by atoms with Crippen LogP contribution in [-0.2, 0) is 6.42 Å². The zero-order valence-corrected chi connectivity index (χ0v) is 10.6. The van der Waals surface area contributed by atoms with Crippen LogP contribution >= 0.6 is 11.6 Å². The Kier molecular flexibility index (Phi) is 3.64. The van der Waals surface area contributed by atoms with Crippen molar-refractivity contribution < 1.29 is 0 Å². The number of hydrogen-bond acceptors (Lipinski definition) is 3. The number of aryl methyl sites for hydroxylation is 1. The molecule has 0 spiro atoms. The van der Waals surface area contributed by atoms with E-state index in [0.29, 0.717) is 11.3 Å². The minimum Gasteiger partial charge on any atom is -0.356 e. The lowest BCUT2D eigenvalue weighted by Crippen LogP contribution is -2.40. The number of piperidine rings is 1. The average molecular weight is 240 g/mol. The first-order valence-electron chi connectivity index (χ1n) is 5.90. The molecule has 0 aromatic carbocycles. The van der Waals surface area contributed by atoms with Crippen LogP contribution in [0.5, 0.6) is 0 Å². The summed E-state index contributed by atoms with van der Waals surface area (Å²) in [6, 6.07) is 2.08. The fourth-order valence-electron chi connectivity index (χ4n) is 2.08. The molecule has 2 atom stereocenters. The van der Waals surface area contributed by atoms with Gasteiger partial charge in [0.2, 0.25) is 0 Å². The second-order valence-electron chi connectivity index (χ2n) is 4.45. The van der Waals surface area contributed by atoms with E-state index in [1.54, 1.807) is 6.33 Å². The fraction of sp³-hybridized carbons (Fsp3) is 0.667. The van der Waals surface area contributed by atoms with Gasteiger partial charge in [-0.25, -0.2) is 9.97 Å². The van der Waals surface area contributed by atoms with Gasteiger partial charge in [0.25, 0.3) is 0 Å². The Hall–Kier alpha value is -0.830. The van der Waals surface area contributed by atoms with Crippen molar-refractivity contribution in [3.63, 3.8) is 0 Å². The van der Waals surface area contributed by atoms with Crippen molar-refractivity contribution in [2.45, 2.75) is 32.1 Å². The number of alkyl halides is 1. The molecule has 1 saturated heterocycles. The van der Waals surface area contributed by atoms with Crippen LogP contribution in [0.3, 0.4) is 0 Å². The molecular formula is C12H18ClN3. The van der Waals surface area contributed by atoms with Gasteiger partial charge in [-0.1, -0.05) is 13.8 Å². The van der Waals surface area contributed by atoms with Crippen LogP contribution in [0.25, 0.3) is 0 Å². The van der Waals surface area contributed by atoms with Crippen molar-refractivity contribution in [2.24, 2.45) is 5.92 Å². The maximum absolute atomic E-state index is 6.22. The van der Waals surface area contributed by atoms with Crippen molar-refractivity contribution in [3.8, 4) is 0 Å². The number of hydrogen-bond donors (Lipinski definition) is 0. The minimum atomic E-state index is 0.309. The van der Waals surface area contributed by atoms with Crippen molar-refractivity contribution in [1.82, 2.24) is 9.97 Å². The molecule has 16 heavy (non-hydrogen) atoms. The van der Waals surface area contributed by atoms with Gasteiger partial charge in [-0.3, -0.25) is 0 Å². The topological polar surface area (TPSA) is 29.0 Å². The molecule has 2 rings (SSSR count). The van der Waals surface area contributed by atoms with E-state index < -0.39 is 0 Å². The summed E-state index contributed by atoms with van der Waals surface area (Å²) < 4.78 is 0. The Morgan fingerprint density at radius 3 is 3.00 bits per heavy atom. The van der Waals surface area contributed by atoms with E-state index >= 15 is 0 Å². The summed E-state index contributed by atoms with van der Waals surface area (Å²) >= 11 is 6.22. The second kappa shape index (κ2) is 5.00. The highest BCUT2D eigenvalue weighted by atomic mass is 35.5. The smallest absolute Gasteiger partial charge is 0.132 e. The number of halogens is 1. The Labute approximate surface area is 102 Å². The van der Waals surface area contributed by atoms with Crippen molar-refractivity contribution in [2.75, 3.05) is 18.0 Å². The van der Waals surface area contributed by atoms with Crippen LogP contribution in [0, 0.1) is 5.92 Å². The van der Waals surface area contributed by atoms with Crippen LogP contribution in [0.1, 0.15) is 26.0 Å². The van der Waals surface area contributed by atoms with Crippen LogP contribution < -0.4 is 4.90 Å². The first-order chi connectivity index (χ1) is 7.70. The first kappa shape index (κ1) is 11.6. The van der Waals surface area contributed by atoms with Gasteiger partial charge in [0.15, 0.2) is 0 Å². The predicted octanol–water partition coefficient (Wildman–Crippen LogP) is 2.49. The summed E-state index contributed by atoms with van der Waals surface area (Å²) in [6.45, 7) is 6.30. The lowest BCUT2D eigenvalue weighted by atomic mass is 9.99. The molecule has 1 aliphatic rings. The first-order valence-corrected chi connectivity index (χ1v) is 6.34. The molecule has 1 fully saturated rings. The zero-order valence-electron chi connectivity index (χ0n) is 9.86. The molecule has 1 aromatic heterocycles. The summed E-state index contributed by atoms with van der Waals surface area (Å²) in [7, 11) is 0. The largest absolute Gasteiger partial charge is 0.356 e. The molecular weight excluding hydrogens is 222 g/mol. The van der Waals surface area contributed by atoms with E-state index in [-0.39, 0.29) is 0 Å². The molecule has 2 unspecified atom stereocenters. The van der Waals surface area contributed by atoms with E-state index in [9.17, 15) is 0 Å². The lowest BCUT2D eigenvalue weighted by Gasteiger charge is -2.34. The lowest BCUT2D eigenvalue weighted by molar-refractivity contribution is 0.452. The molecule has 1 aliphatic heterocycles. The van der Waals surface area contributed by atoms with Crippen molar-refractivity contribution in [3.05, 3.63) is 18.1 Å². The summed E-state index contributed by atoms with van der Waals surface area (Å²) in [6.07, 6.45) is 3.65. The molecule has 0 bridgehead atoms. The highest BCUT2D eigenvalue weighted by Gasteiger charge is 2.24. The molecule has 0 radical (unpaired) electrons. The number of nitrogens with zero attached hydrogens (tertiary/aromatic N) is 3. The van der Waals surface area contributed by atoms with E-state index in [0.717, 1.165) is 37.4 Å². The molecule has 2 heterocycles. The standard InChI is InChI=1S/C12H18ClN3/c1-3-10-6-12(15-8-14-10)16-5-4-11(13)9(2)7-16/h6,8-9,11H,3-5,7H2,1-2H3. The van der Waals surface area contributed by atoms with E-state index in [2.05, 4.69) is 34.8 Å². The molecule has 0 amide bonds. The van der Waals surface area contributed by atoms with Gasteiger partial charge in [-0.2, -0.15) is 0 Å². The Morgan fingerprint density at radius 1 is 1.50 bits per heavy atom. The molecule has 3 nitrogen and oxygen atoms in total. The second-order valence-corrected chi connectivity index (χ2v) is 5.01. The van der Waals surface area contributed by atoms with Crippen molar-refractivity contribution >= 4 is 17.4 Å². The Bertz CT molecular complexity index is 356. The van der Waals surface area contributed by atoms with Gasteiger partial charge < -0.3 is 4.90 Å². The van der Waals surface area contributed by atoms with Crippen LogP contribution in [0.15, 0.2) is 12.4 Å². The third-order valence-corrected chi connectivity index (χ3v) is 3.84. The average Bonchev–Trinajstić information content (AvgIpc) is 2.33. The highest BCUT2D eigenvalue weighted by molar-refractivity contribution is 6.20. The predicted molar refractivity (Wildman–Crippen MR) is 67.0 cm³/mol. The van der Waals surface area contributed by atoms with Crippen LogP contribution in [0.4, 0.5) is 5.82 Å². The fourth-order valence-corrected chi connectivity index (χ4v) is 2.25. The summed E-state index contributed by atoms with van der Waals surface area (Å²) in [5.74, 6) is 1.57. The van der Waals surface area contributed by atoms with Gasteiger partial charge in [0.1, 0.15) is 12.1 Å². The molecule has 0 aliphatic carbocycles.